The SMILES string of the molecule is CC(=O)NC(C)(C)C(N)=NOCc1ccc(Br)cc1F. The zero-order valence-electron chi connectivity index (χ0n) is 11.5. The number of hydrogen-bond donors (Lipinski definition) is 2. The van der Waals surface area contributed by atoms with E-state index in [2.05, 4.69) is 26.4 Å². The minimum Gasteiger partial charge on any atom is -0.389 e. The molecule has 7 heteroatoms. The quantitative estimate of drug-likeness (QED) is 0.488. The van der Waals surface area contributed by atoms with Crippen molar-refractivity contribution in [2.24, 2.45) is 10.9 Å². The molecule has 0 bridgehead atoms. The number of nitrogens with one attached hydrogen (secondary N) is 1. The van der Waals surface area contributed by atoms with Gasteiger partial charge >= 0.3 is 0 Å². The van der Waals surface area contributed by atoms with Crippen LogP contribution in [0.5, 0.6) is 0 Å². The predicted molar refractivity (Wildman–Crippen MR) is 78.4 cm³/mol. The van der Waals surface area contributed by atoms with Crippen molar-refractivity contribution in [3.8, 4) is 0 Å². The maximum absolute atomic E-state index is 13.5. The first-order chi connectivity index (χ1) is 9.22. The van der Waals surface area contributed by atoms with Gasteiger partial charge in [-0.3, -0.25) is 4.79 Å². The van der Waals surface area contributed by atoms with Gasteiger partial charge in [-0.1, -0.05) is 27.2 Å². The molecule has 110 valence electrons. The molecule has 3 N–H and O–H groups in total. The topological polar surface area (TPSA) is 76.7 Å². The summed E-state index contributed by atoms with van der Waals surface area (Å²) in [5.41, 5.74) is 5.27. The van der Waals surface area contributed by atoms with E-state index in [0.717, 1.165) is 0 Å². The normalized spacial score (nSPS) is 12.2. The molecular weight excluding hydrogens is 329 g/mol. The number of benzene rings is 1. The van der Waals surface area contributed by atoms with Gasteiger partial charge in [0.25, 0.3) is 0 Å². The fraction of sp³-hybridized carbons (Fsp3) is 0.385. The van der Waals surface area contributed by atoms with Gasteiger partial charge in [0.1, 0.15) is 12.4 Å². The van der Waals surface area contributed by atoms with Crippen LogP contribution in [-0.2, 0) is 16.2 Å². The van der Waals surface area contributed by atoms with E-state index in [4.69, 9.17) is 10.6 Å². The zero-order chi connectivity index (χ0) is 15.3. The van der Waals surface area contributed by atoms with Gasteiger partial charge in [-0.05, 0) is 26.0 Å². The summed E-state index contributed by atoms with van der Waals surface area (Å²) in [4.78, 5) is 16.0. The monoisotopic (exact) mass is 345 g/mol. The Morgan fingerprint density at radius 3 is 2.75 bits per heavy atom. The Balaban J connectivity index is 2.66. The Hall–Kier alpha value is -1.63. The molecule has 0 aliphatic carbocycles. The van der Waals surface area contributed by atoms with Crippen molar-refractivity contribution in [3.63, 3.8) is 0 Å². The highest BCUT2D eigenvalue weighted by Crippen LogP contribution is 2.16. The van der Waals surface area contributed by atoms with Gasteiger partial charge in [0, 0.05) is 17.0 Å². The second-order valence-electron chi connectivity index (χ2n) is 4.79. The minimum atomic E-state index is -0.829. The van der Waals surface area contributed by atoms with Gasteiger partial charge in [0.15, 0.2) is 5.84 Å². The van der Waals surface area contributed by atoms with Crippen molar-refractivity contribution in [2.45, 2.75) is 32.9 Å². The third-order valence-electron chi connectivity index (χ3n) is 2.53. The Morgan fingerprint density at radius 1 is 1.55 bits per heavy atom. The number of rotatable bonds is 5. The van der Waals surface area contributed by atoms with Gasteiger partial charge in [0.2, 0.25) is 5.91 Å². The molecule has 1 aromatic carbocycles. The van der Waals surface area contributed by atoms with Gasteiger partial charge in [0.05, 0.1) is 5.54 Å². The number of nitrogens with zero attached hydrogens (tertiary/aromatic N) is 1. The summed E-state index contributed by atoms with van der Waals surface area (Å²) in [6, 6.07) is 4.63. The predicted octanol–water partition coefficient (Wildman–Crippen LogP) is 2.29. The van der Waals surface area contributed by atoms with Crippen LogP contribution >= 0.6 is 15.9 Å². The fourth-order valence-electron chi connectivity index (χ4n) is 1.43. The lowest BCUT2D eigenvalue weighted by molar-refractivity contribution is -0.119. The van der Waals surface area contributed by atoms with E-state index >= 15 is 0 Å². The molecule has 0 saturated carbocycles. The molecule has 0 fully saturated rings. The highest BCUT2D eigenvalue weighted by molar-refractivity contribution is 9.10. The molecule has 0 aliphatic rings. The number of halogens is 2. The summed E-state index contributed by atoms with van der Waals surface area (Å²) in [6.07, 6.45) is 0. The summed E-state index contributed by atoms with van der Waals surface area (Å²) in [7, 11) is 0. The molecule has 1 aromatic rings. The number of hydrogen-bond acceptors (Lipinski definition) is 3. The second kappa shape index (κ2) is 6.69. The largest absolute Gasteiger partial charge is 0.389 e. The maximum Gasteiger partial charge on any atom is 0.217 e. The molecule has 0 unspecified atom stereocenters. The first-order valence-electron chi connectivity index (χ1n) is 5.91. The fourth-order valence-corrected chi connectivity index (χ4v) is 1.76. The van der Waals surface area contributed by atoms with E-state index in [9.17, 15) is 9.18 Å². The summed E-state index contributed by atoms with van der Waals surface area (Å²) in [5, 5.41) is 6.34. The van der Waals surface area contributed by atoms with Crippen LogP contribution in [0.4, 0.5) is 4.39 Å². The number of amidine groups is 1. The molecule has 0 radical (unpaired) electrons. The summed E-state index contributed by atoms with van der Waals surface area (Å²) >= 11 is 3.17. The Kier molecular flexibility index (Phi) is 5.50. The van der Waals surface area contributed by atoms with Crippen molar-refractivity contribution in [1.29, 1.82) is 0 Å². The molecular formula is C13H17BrFN3O2. The van der Waals surface area contributed by atoms with Crippen molar-refractivity contribution in [1.82, 2.24) is 5.32 Å². The minimum absolute atomic E-state index is 0.0457. The molecule has 1 amide bonds. The lowest BCUT2D eigenvalue weighted by atomic mass is 10.0. The van der Waals surface area contributed by atoms with Crippen LogP contribution in [-0.4, -0.2) is 17.3 Å². The Labute approximate surface area is 125 Å². The molecule has 20 heavy (non-hydrogen) atoms. The lowest BCUT2D eigenvalue weighted by Gasteiger charge is -2.24. The van der Waals surface area contributed by atoms with Gasteiger partial charge < -0.3 is 15.9 Å². The molecule has 5 nitrogen and oxygen atoms in total. The van der Waals surface area contributed by atoms with E-state index in [1.165, 1.54) is 13.0 Å². The van der Waals surface area contributed by atoms with E-state index < -0.39 is 11.4 Å². The average Bonchev–Trinajstić information content (AvgIpc) is 2.30. The number of carbonyl (C=O) groups excluding carboxylic acids is 1. The highest BCUT2D eigenvalue weighted by Gasteiger charge is 2.24. The number of oxime groups is 1. The molecule has 0 saturated heterocycles. The van der Waals surface area contributed by atoms with Crippen molar-refractivity contribution >= 4 is 27.7 Å². The van der Waals surface area contributed by atoms with E-state index in [1.807, 2.05) is 0 Å². The zero-order valence-corrected chi connectivity index (χ0v) is 13.1. The van der Waals surface area contributed by atoms with E-state index in [0.29, 0.717) is 10.0 Å². The smallest absolute Gasteiger partial charge is 0.217 e. The highest BCUT2D eigenvalue weighted by atomic mass is 79.9. The van der Waals surface area contributed by atoms with Crippen LogP contribution in [0.2, 0.25) is 0 Å². The van der Waals surface area contributed by atoms with Gasteiger partial charge in [-0.15, -0.1) is 0 Å². The van der Waals surface area contributed by atoms with Crippen LogP contribution in [0.25, 0.3) is 0 Å². The standard InChI is InChI=1S/C13H17BrFN3O2/c1-8(19)17-13(2,3)12(16)18-20-7-9-4-5-10(14)6-11(9)15/h4-6H,7H2,1-3H3,(H2,16,18)(H,17,19). The Morgan fingerprint density at radius 2 is 2.20 bits per heavy atom. The number of carbonyl (C=O) groups is 1. The molecule has 0 atom stereocenters. The van der Waals surface area contributed by atoms with Crippen molar-refractivity contribution < 1.29 is 14.0 Å². The van der Waals surface area contributed by atoms with Gasteiger partial charge in [-0.2, -0.15) is 0 Å². The maximum atomic E-state index is 13.5. The number of nitrogens with two attached hydrogens (primary N) is 1. The molecule has 0 aliphatic heterocycles. The van der Waals surface area contributed by atoms with Crippen molar-refractivity contribution in [3.05, 3.63) is 34.1 Å². The van der Waals surface area contributed by atoms with Crippen molar-refractivity contribution in [2.75, 3.05) is 0 Å². The van der Waals surface area contributed by atoms with E-state index in [1.54, 1.807) is 26.0 Å². The first-order valence-corrected chi connectivity index (χ1v) is 6.70. The third-order valence-corrected chi connectivity index (χ3v) is 3.02. The van der Waals surface area contributed by atoms with Gasteiger partial charge in [-0.25, -0.2) is 4.39 Å². The van der Waals surface area contributed by atoms with Crippen LogP contribution in [0, 0.1) is 5.82 Å². The number of amides is 1. The summed E-state index contributed by atoms with van der Waals surface area (Å²) in [5.74, 6) is -0.522. The Bertz CT molecular complexity index is 532. The molecule has 0 spiro atoms. The molecule has 1 rings (SSSR count). The molecule has 0 heterocycles. The first kappa shape index (κ1) is 16.4. The summed E-state index contributed by atoms with van der Waals surface area (Å²) < 4.78 is 14.2. The van der Waals surface area contributed by atoms with Crippen LogP contribution in [0.3, 0.4) is 0 Å². The average molecular weight is 346 g/mol. The van der Waals surface area contributed by atoms with Crippen LogP contribution in [0.1, 0.15) is 26.3 Å². The van der Waals surface area contributed by atoms with E-state index in [-0.39, 0.29) is 18.3 Å². The molecule has 0 aromatic heterocycles. The second-order valence-corrected chi connectivity index (χ2v) is 5.71. The lowest BCUT2D eigenvalue weighted by Crippen LogP contribution is -2.52. The summed E-state index contributed by atoms with van der Waals surface area (Å²) in [6.45, 7) is 4.72. The van der Waals surface area contributed by atoms with Crippen LogP contribution < -0.4 is 11.1 Å². The third kappa shape index (κ3) is 4.80. The van der Waals surface area contributed by atoms with Crippen LogP contribution in [0.15, 0.2) is 27.8 Å².